The predicted octanol–water partition coefficient (Wildman–Crippen LogP) is 3.16. The molecule has 8 heteroatoms. The average molecular weight is 419 g/mol. The van der Waals surface area contributed by atoms with Gasteiger partial charge in [0.05, 0.1) is 42.2 Å². The summed E-state index contributed by atoms with van der Waals surface area (Å²) in [4.78, 5) is 22.4. The number of morpholine rings is 1. The number of nitrogens with zero attached hydrogens (tertiary/aromatic N) is 4. The maximum absolute atomic E-state index is 13.1. The Morgan fingerprint density at radius 1 is 1.00 bits per heavy atom. The molecular weight excluding hydrogens is 392 g/mol. The summed E-state index contributed by atoms with van der Waals surface area (Å²) in [6, 6.07) is 11.6. The van der Waals surface area contributed by atoms with Crippen LogP contribution >= 0.6 is 0 Å². The zero-order chi connectivity index (χ0) is 21.0. The van der Waals surface area contributed by atoms with Gasteiger partial charge in [-0.2, -0.15) is 5.10 Å². The van der Waals surface area contributed by atoms with Crippen molar-refractivity contribution < 1.29 is 9.53 Å². The number of hydrogen-bond acceptors (Lipinski definition) is 6. The Kier molecular flexibility index (Phi) is 5.54. The van der Waals surface area contributed by atoms with Crippen molar-refractivity contribution in [2.75, 3.05) is 54.5 Å². The molecule has 2 aliphatic rings. The number of benzene rings is 1. The van der Waals surface area contributed by atoms with Crippen LogP contribution in [0.25, 0.3) is 11.3 Å². The molecule has 3 aromatic rings. The lowest BCUT2D eigenvalue weighted by atomic mass is 10.1. The number of ether oxygens (including phenoxy) is 1. The van der Waals surface area contributed by atoms with Crippen molar-refractivity contribution in [3.05, 3.63) is 54.5 Å². The van der Waals surface area contributed by atoms with E-state index in [-0.39, 0.29) is 5.91 Å². The average Bonchev–Trinajstić information content (AvgIpc) is 3.54. The van der Waals surface area contributed by atoms with Crippen molar-refractivity contribution in [3.63, 3.8) is 0 Å². The summed E-state index contributed by atoms with van der Waals surface area (Å²) >= 11 is 0. The molecule has 2 aromatic heterocycles. The molecule has 2 N–H and O–H groups in total. The summed E-state index contributed by atoms with van der Waals surface area (Å²) in [5.41, 5.74) is 5.02. The summed E-state index contributed by atoms with van der Waals surface area (Å²) in [5, 5.41) is 9.88. The number of anilines is 3. The van der Waals surface area contributed by atoms with Crippen molar-refractivity contribution in [2.24, 2.45) is 0 Å². The van der Waals surface area contributed by atoms with E-state index in [2.05, 4.69) is 36.4 Å². The number of amides is 1. The number of rotatable bonds is 5. The van der Waals surface area contributed by atoms with Crippen LogP contribution in [0.5, 0.6) is 0 Å². The van der Waals surface area contributed by atoms with Gasteiger partial charge in [0.25, 0.3) is 5.91 Å². The molecule has 8 nitrogen and oxygen atoms in total. The lowest BCUT2D eigenvalue weighted by molar-refractivity contribution is 0.102. The molecule has 31 heavy (non-hydrogen) atoms. The van der Waals surface area contributed by atoms with Crippen LogP contribution in [0.1, 0.15) is 23.3 Å². The summed E-state index contributed by atoms with van der Waals surface area (Å²) in [5.74, 6) is -0.218. The lowest BCUT2D eigenvalue weighted by Crippen LogP contribution is -2.37. The molecule has 0 atom stereocenters. The van der Waals surface area contributed by atoms with Crippen LogP contribution in [-0.4, -0.2) is 60.5 Å². The Hall–Kier alpha value is -3.39. The molecule has 2 fully saturated rings. The minimum Gasteiger partial charge on any atom is -0.378 e. The Bertz CT molecular complexity index is 1040. The number of H-pyrrole nitrogens is 1. The molecule has 5 rings (SSSR count). The topological polar surface area (TPSA) is 86.4 Å². The van der Waals surface area contributed by atoms with Gasteiger partial charge in [0.2, 0.25) is 0 Å². The number of aromatic amines is 1. The van der Waals surface area contributed by atoms with Crippen LogP contribution in [0.3, 0.4) is 0 Å². The van der Waals surface area contributed by atoms with Gasteiger partial charge in [0, 0.05) is 37.9 Å². The lowest BCUT2D eigenvalue weighted by Gasteiger charge is -2.34. The van der Waals surface area contributed by atoms with E-state index in [0.717, 1.165) is 62.0 Å². The number of para-hydroxylation sites is 1. The molecule has 0 saturated carbocycles. The van der Waals surface area contributed by atoms with E-state index >= 15 is 0 Å². The molecule has 0 unspecified atom stereocenters. The zero-order valence-corrected chi connectivity index (χ0v) is 17.4. The first kappa shape index (κ1) is 19.6. The second kappa shape index (κ2) is 8.77. The van der Waals surface area contributed by atoms with Gasteiger partial charge in [-0.05, 0) is 37.1 Å². The van der Waals surface area contributed by atoms with E-state index in [9.17, 15) is 4.79 Å². The van der Waals surface area contributed by atoms with Crippen molar-refractivity contribution in [1.82, 2.24) is 15.2 Å². The standard InChI is InChI=1S/C23H26N6O2/c30-23(20-7-3-5-18(26-20)17-15-24-25-16-17)27-19-6-4-8-21(28-11-13-31-14-12-28)22(19)29-9-1-2-10-29/h3-8,15-16H,1-2,9-14H2,(H,24,25)(H,27,30). The van der Waals surface area contributed by atoms with E-state index in [0.29, 0.717) is 11.4 Å². The van der Waals surface area contributed by atoms with E-state index in [1.165, 1.54) is 12.8 Å². The molecule has 0 radical (unpaired) electrons. The molecule has 0 spiro atoms. The summed E-state index contributed by atoms with van der Waals surface area (Å²) in [6.07, 6.45) is 5.79. The van der Waals surface area contributed by atoms with Crippen LogP contribution in [-0.2, 0) is 4.74 Å². The number of carbonyl (C=O) groups is 1. The molecule has 2 aliphatic heterocycles. The number of aromatic nitrogens is 3. The highest BCUT2D eigenvalue weighted by Crippen LogP contribution is 2.39. The Balaban J connectivity index is 1.46. The third-order valence-corrected chi connectivity index (χ3v) is 5.81. The third-order valence-electron chi connectivity index (χ3n) is 5.81. The highest BCUT2D eigenvalue weighted by Gasteiger charge is 2.24. The molecule has 1 aromatic carbocycles. The molecule has 2 saturated heterocycles. The van der Waals surface area contributed by atoms with Crippen LogP contribution in [0.15, 0.2) is 48.8 Å². The first-order valence-corrected chi connectivity index (χ1v) is 10.8. The molecular formula is C23H26N6O2. The fourth-order valence-electron chi connectivity index (χ4n) is 4.26. The van der Waals surface area contributed by atoms with Gasteiger partial charge in [-0.3, -0.25) is 9.89 Å². The van der Waals surface area contributed by atoms with E-state index < -0.39 is 0 Å². The summed E-state index contributed by atoms with van der Waals surface area (Å²) in [6.45, 7) is 5.15. The van der Waals surface area contributed by atoms with Gasteiger partial charge < -0.3 is 19.9 Å². The summed E-state index contributed by atoms with van der Waals surface area (Å²) in [7, 11) is 0. The van der Waals surface area contributed by atoms with Gasteiger partial charge in [0.1, 0.15) is 5.69 Å². The highest BCUT2D eigenvalue weighted by atomic mass is 16.5. The number of nitrogens with one attached hydrogen (secondary N) is 2. The summed E-state index contributed by atoms with van der Waals surface area (Å²) < 4.78 is 5.54. The van der Waals surface area contributed by atoms with Crippen LogP contribution in [0.4, 0.5) is 17.1 Å². The van der Waals surface area contributed by atoms with Crippen LogP contribution in [0.2, 0.25) is 0 Å². The maximum atomic E-state index is 13.1. The largest absolute Gasteiger partial charge is 0.378 e. The Morgan fingerprint density at radius 3 is 2.58 bits per heavy atom. The fourth-order valence-corrected chi connectivity index (χ4v) is 4.26. The van der Waals surface area contributed by atoms with E-state index in [1.807, 2.05) is 24.3 Å². The first-order valence-electron chi connectivity index (χ1n) is 10.8. The van der Waals surface area contributed by atoms with Crippen molar-refractivity contribution in [1.29, 1.82) is 0 Å². The Morgan fingerprint density at radius 2 is 1.81 bits per heavy atom. The SMILES string of the molecule is O=C(Nc1cccc(N2CCOCC2)c1N1CCCC1)c1cccc(-c2cn[nH]c2)n1. The van der Waals surface area contributed by atoms with E-state index in [1.54, 1.807) is 18.5 Å². The molecule has 0 aliphatic carbocycles. The number of hydrogen-bond donors (Lipinski definition) is 2. The minimum absolute atomic E-state index is 0.218. The highest BCUT2D eigenvalue weighted by molar-refractivity contribution is 6.06. The van der Waals surface area contributed by atoms with Gasteiger partial charge >= 0.3 is 0 Å². The van der Waals surface area contributed by atoms with Crippen molar-refractivity contribution in [2.45, 2.75) is 12.8 Å². The molecule has 160 valence electrons. The van der Waals surface area contributed by atoms with Crippen molar-refractivity contribution in [3.8, 4) is 11.3 Å². The minimum atomic E-state index is -0.218. The van der Waals surface area contributed by atoms with E-state index in [4.69, 9.17) is 4.74 Å². The quantitative estimate of drug-likeness (QED) is 0.662. The number of pyridine rings is 1. The predicted molar refractivity (Wildman–Crippen MR) is 121 cm³/mol. The Labute approximate surface area is 181 Å². The van der Waals surface area contributed by atoms with Gasteiger partial charge in [-0.25, -0.2) is 4.98 Å². The monoisotopic (exact) mass is 418 g/mol. The third kappa shape index (κ3) is 4.11. The van der Waals surface area contributed by atoms with Crippen molar-refractivity contribution >= 4 is 23.0 Å². The maximum Gasteiger partial charge on any atom is 0.274 e. The van der Waals surface area contributed by atoms with Gasteiger partial charge in [0.15, 0.2) is 0 Å². The van der Waals surface area contributed by atoms with Gasteiger partial charge in [-0.1, -0.05) is 12.1 Å². The molecule has 4 heterocycles. The van der Waals surface area contributed by atoms with Crippen LogP contribution in [0, 0.1) is 0 Å². The van der Waals surface area contributed by atoms with Gasteiger partial charge in [-0.15, -0.1) is 0 Å². The number of carbonyl (C=O) groups excluding carboxylic acids is 1. The second-order valence-corrected chi connectivity index (χ2v) is 7.82. The molecule has 0 bridgehead atoms. The molecule has 1 amide bonds. The smallest absolute Gasteiger partial charge is 0.274 e. The first-order chi connectivity index (χ1) is 15.3. The fraction of sp³-hybridized carbons (Fsp3) is 0.348. The van der Waals surface area contributed by atoms with Crippen LogP contribution < -0.4 is 15.1 Å². The zero-order valence-electron chi connectivity index (χ0n) is 17.4. The second-order valence-electron chi connectivity index (χ2n) is 7.82. The normalized spacial score (nSPS) is 16.5.